The SMILES string of the molecule is Sc1ccc(Br)c(S)c1Br. The second-order valence-electron chi connectivity index (χ2n) is 1.73. The van der Waals surface area contributed by atoms with Crippen LogP contribution in [0.5, 0.6) is 0 Å². The van der Waals surface area contributed by atoms with Gasteiger partial charge in [0.25, 0.3) is 0 Å². The minimum atomic E-state index is 0.882. The van der Waals surface area contributed by atoms with Crippen molar-refractivity contribution in [1.29, 1.82) is 0 Å². The number of thiol groups is 2. The maximum atomic E-state index is 4.24. The van der Waals surface area contributed by atoms with Crippen LogP contribution in [0.2, 0.25) is 0 Å². The molecular weight excluding hydrogens is 296 g/mol. The molecule has 0 amide bonds. The molecule has 0 aromatic heterocycles. The third-order valence-corrected chi connectivity index (χ3v) is 4.29. The Balaban J connectivity index is 3.34. The van der Waals surface area contributed by atoms with Crippen molar-refractivity contribution in [2.45, 2.75) is 9.79 Å². The van der Waals surface area contributed by atoms with Crippen LogP contribution in [-0.4, -0.2) is 0 Å². The topological polar surface area (TPSA) is 0 Å². The molecule has 0 atom stereocenters. The van der Waals surface area contributed by atoms with Gasteiger partial charge in [-0.25, -0.2) is 0 Å². The number of benzene rings is 1. The van der Waals surface area contributed by atoms with Gasteiger partial charge in [-0.2, -0.15) is 0 Å². The Bertz CT molecular complexity index is 233. The summed E-state index contributed by atoms with van der Waals surface area (Å²) in [4.78, 5) is 1.78. The lowest BCUT2D eigenvalue weighted by Gasteiger charge is -2.01. The summed E-state index contributed by atoms with van der Waals surface area (Å²) in [5, 5.41) is 0. The van der Waals surface area contributed by atoms with Gasteiger partial charge in [0, 0.05) is 18.7 Å². The highest BCUT2D eigenvalue weighted by Crippen LogP contribution is 2.33. The van der Waals surface area contributed by atoms with E-state index in [0.717, 1.165) is 18.7 Å². The Hall–Kier alpha value is 0.880. The molecule has 0 aliphatic heterocycles. The first kappa shape index (κ1) is 8.97. The van der Waals surface area contributed by atoms with Crippen LogP contribution in [0.1, 0.15) is 0 Å². The summed E-state index contributed by atoms with van der Waals surface area (Å²) in [5.41, 5.74) is 0. The first-order valence-corrected chi connectivity index (χ1v) is 4.97. The van der Waals surface area contributed by atoms with Gasteiger partial charge in [-0.1, -0.05) is 0 Å². The van der Waals surface area contributed by atoms with Crippen molar-refractivity contribution >= 4 is 57.1 Å². The second-order valence-corrected chi connectivity index (χ2v) is 4.31. The quantitative estimate of drug-likeness (QED) is 0.669. The molecule has 0 N–H and O–H groups in total. The number of hydrogen-bond acceptors (Lipinski definition) is 2. The van der Waals surface area contributed by atoms with Crippen LogP contribution in [0, 0.1) is 0 Å². The van der Waals surface area contributed by atoms with E-state index in [1.165, 1.54) is 0 Å². The van der Waals surface area contributed by atoms with Crippen LogP contribution in [0.25, 0.3) is 0 Å². The van der Waals surface area contributed by atoms with E-state index < -0.39 is 0 Å². The zero-order valence-corrected chi connectivity index (χ0v) is 9.77. The van der Waals surface area contributed by atoms with E-state index in [1.807, 2.05) is 12.1 Å². The maximum absolute atomic E-state index is 4.24. The van der Waals surface area contributed by atoms with Gasteiger partial charge >= 0.3 is 0 Å². The second kappa shape index (κ2) is 3.52. The van der Waals surface area contributed by atoms with E-state index in [4.69, 9.17) is 0 Å². The summed E-state index contributed by atoms with van der Waals surface area (Å²) in [6, 6.07) is 3.81. The van der Waals surface area contributed by atoms with Gasteiger partial charge in [0.15, 0.2) is 0 Å². The molecule has 0 aliphatic carbocycles. The maximum Gasteiger partial charge on any atom is 0.0453 e. The van der Waals surface area contributed by atoms with Gasteiger partial charge in [0.2, 0.25) is 0 Å². The van der Waals surface area contributed by atoms with E-state index in [1.54, 1.807) is 0 Å². The van der Waals surface area contributed by atoms with E-state index in [0.29, 0.717) is 0 Å². The molecule has 1 aromatic carbocycles. The molecule has 4 heteroatoms. The first-order chi connectivity index (χ1) is 4.63. The van der Waals surface area contributed by atoms with Gasteiger partial charge in [-0.3, -0.25) is 0 Å². The van der Waals surface area contributed by atoms with E-state index in [2.05, 4.69) is 57.1 Å². The minimum absolute atomic E-state index is 0.882. The highest BCUT2D eigenvalue weighted by atomic mass is 79.9. The molecule has 0 radical (unpaired) electrons. The summed E-state index contributed by atoms with van der Waals surface area (Å²) < 4.78 is 1.90. The third kappa shape index (κ3) is 1.72. The lowest BCUT2D eigenvalue weighted by molar-refractivity contribution is 1.26. The minimum Gasteiger partial charge on any atom is -0.142 e. The molecular formula is C6H4Br2S2. The van der Waals surface area contributed by atoms with E-state index in [-0.39, 0.29) is 0 Å². The van der Waals surface area contributed by atoms with Crippen molar-refractivity contribution in [2.75, 3.05) is 0 Å². The fourth-order valence-electron chi connectivity index (χ4n) is 0.530. The Labute approximate surface area is 87.5 Å². The molecule has 0 aliphatic rings. The summed E-state index contributed by atoms with van der Waals surface area (Å²) in [7, 11) is 0. The van der Waals surface area contributed by atoms with Crippen molar-refractivity contribution in [3.05, 3.63) is 21.1 Å². The predicted octanol–water partition coefficient (Wildman–Crippen LogP) is 3.79. The number of rotatable bonds is 0. The van der Waals surface area contributed by atoms with Crippen LogP contribution in [0.3, 0.4) is 0 Å². The normalized spacial score (nSPS) is 10.0. The fraction of sp³-hybridized carbons (Fsp3) is 0. The van der Waals surface area contributed by atoms with Crippen molar-refractivity contribution in [1.82, 2.24) is 0 Å². The zero-order chi connectivity index (χ0) is 7.72. The Morgan fingerprint density at radius 1 is 1.10 bits per heavy atom. The average Bonchev–Trinajstić information content (AvgIpc) is 1.93. The highest BCUT2D eigenvalue weighted by molar-refractivity contribution is 9.11. The molecule has 54 valence electrons. The highest BCUT2D eigenvalue weighted by Gasteiger charge is 2.02. The predicted molar refractivity (Wildman–Crippen MR) is 56.3 cm³/mol. The molecule has 0 heterocycles. The van der Waals surface area contributed by atoms with Gasteiger partial charge in [0.05, 0.1) is 0 Å². The number of halogens is 2. The van der Waals surface area contributed by atoms with E-state index >= 15 is 0 Å². The zero-order valence-electron chi connectivity index (χ0n) is 4.81. The summed E-state index contributed by atoms with van der Waals surface area (Å²) in [5.74, 6) is 0. The van der Waals surface area contributed by atoms with Crippen LogP contribution >= 0.6 is 57.1 Å². The van der Waals surface area contributed by atoms with E-state index in [9.17, 15) is 0 Å². The van der Waals surface area contributed by atoms with Gasteiger partial charge in [0.1, 0.15) is 0 Å². The van der Waals surface area contributed by atoms with Crippen LogP contribution in [0.15, 0.2) is 30.9 Å². The summed E-state index contributed by atoms with van der Waals surface area (Å²) in [6.45, 7) is 0. The summed E-state index contributed by atoms with van der Waals surface area (Å²) >= 11 is 15.1. The molecule has 0 unspecified atom stereocenters. The van der Waals surface area contributed by atoms with Crippen molar-refractivity contribution in [3.63, 3.8) is 0 Å². The Morgan fingerprint density at radius 2 is 1.70 bits per heavy atom. The van der Waals surface area contributed by atoms with Crippen molar-refractivity contribution in [3.8, 4) is 0 Å². The third-order valence-electron chi connectivity index (χ3n) is 1.05. The van der Waals surface area contributed by atoms with Crippen molar-refractivity contribution in [2.24, 2.45) is 0 Å². The molecule has 10 heavy (non-hydrogen) atoms. The van der Waals surface area contributed by atoms with Crippen molar-refractivity contribution < 1.29 is 0 Å². The molecule has 0 nitrogen and oxygen atoms in total. The lowest BCUT2D eigenvalue weighted by atomic mass is 10.4. The fourth-order valence-corrected chi connectivity index (χ4v) is 1.94. The number of hydrogen-bond donors (Lipinski definition) is 2. The lowest BCUT2D eigenvalue weighted by Crippen LogP contribution is -1.74. The monoisotopic (exact) mass is 298 g/mol. The van der Waals surface area contributed by atoms with Gasteiger partial charge in [-0.15, -0.1) is 25.3 Å². The standard InChI is InChI=1S/C6H4Br2S2/c7-3-1-2-4(9)5(8)6(3)10/h1-2,9-10H. The van der Waals surface area contributed by atoms with Crippen LogP contribution in [-0.2, 0) is 0 Å². The molecule has 0 saturated carbocycles. The van der Waals surface area contributed by atoms with Gasteiger partial charge in [-0.05, 0) is 44.0 Å². The largest absolute Gasteiger partial charge is 0.142 e. The van der Waals surface area contributed by atoms with Crippen LogP contribution < -0.4 is 0 Å². The van der Waals surface area contributed by atoms with Crippen LogP contribution in [0.4, 0.5) is 0 Å². The Kier molecular flexibility index (Phi) is 3.16. The molecule has 1 rings (SSSR count). The molecule has 1 aromatic rings. The van der Waals surface area contributed by atoms with Gasteiger partial charge < -0.3 is 0 Å². The summed E-state index contributed by atoms with van der Waals surface area (Å²) in [6.07, 6.45) is 0. The molecule has 0 fully saturated rings. The Morgan fingerprint density at radius 3 is 2.20 bits per heavy atom. The smallest absolute Gasteiger partial charge is 0.0453 e. The molecule has 0 bridgehead atoms. The molecule has 0 saturated heterocycles. The average molecular weight is 300 g/mol. The first-order valence-electron chi connectivity index (χ1n) is 2.49. The molecule has 0 spiro atoms.